The first-order valence-electron chi connectivity index (χ1n) is 7.12. The van der Waals surface area contributed by atoms with Gasteiger partial charge in [-0.05, 0) is 12.1 Å². The molecule has 2 aliphatic heterocycles. The molecule has 1 aromatic carbocycles. The highest BCUT2D eigenvalue weighted by Crippen LogP contribution is 2.31. The SMILES string of the molecule is O=C(COc1ccccc1Cl)N1CCC2(CC1)OCCO2. The van der Waals surface area contributed by atoms with E-state index in [4.69, 9.17) is 25.8 Å². The zero-order valence-electron chi connectivity index (χ0n) is 11.7. The number of hydrogen-bond acceptors (Lipinski definition) is 4. The number of halogens is 1. The maximum Gasteiger partial charge on any atom is 0.260 e. The average molecular weight is 312 g/mol. The molecular weight excluding hydrogens is 294 g/mol. The summed E-state index contributed by atoms with van der Waals surface area (Å²) < 4.78 is 16.8. The summed E-state index contributed by atoms with van der Waals surface area (Å²) in [5.74, 6) is 0.0339. The number of nitrogens with zero attached hydrogens (tertiary/aromatic N) is 1. The molecule has 1 amide bonds. The highest BCUT2D eigenvalue weighted by atomic mass is 35.5. The molecular formula is C15H18ClNO4. The molecule has 1 aromatic rings. The highest BCUT2D eigenvalue weighted by Gasteiger charge is 2.40. The van der Waals surface area contributed by atoms with Gasteiger partial charge in [0.2, 0.25) is 0 Å². The first kappa shape index (κ1) is 14.6. The number of carbonyl (C=O) groups is 1. The third-order valence-corrected chi connectivity index (χ3v) is 4.19. The van der Waals surface area contributed by atoms with E-state index >= 15 is 0 Å². The van der Waals surface area contributed by atoms with Crippen molar-refractivity contribution in [2.45, 2.75) is 18.6 Å². The van der Waals surface area contributed by atoms with Gasteiger partial charge >= 0.3 is 0 Å². The molecule has 2 saturated heterocycles. The van der Waals surface area contributed by atoms with Crippen molar-refractivity contribution in [2.24, 2.45) is 0 Å². The molecule has 2 fully saturated rings. The third kappa shape index (κ3) is 3.31. The van der Waals surface area contributed by atoms with Crippen LogP contribution in [0.15, 0.2) is 24.3 Å². The zero-order valence-corrected chi connectivity index (χ0v) is 12.5. The van der Waals surface area contributed by atoms with Crippen LogP contribution in [-0.4, -0.2) is 49.5 Å². The van der Waals surface area contributed by atoms with Crippen LogP contribution in [-0.2, 0) is 14.3 Å². The lowest BCUT2D eigenvalue weighted by molar-refractivity contribution is -0.187. The van der Waals surface area contributed by atoms with Crippen LogP contribution in [0.4, 0.5) is 0 Å². The van der Waals surface area contributed by atoms with Gasteiger partial charge in [-0.3, -0.25) is 4.79 Å². The summed E-state index contributed by atoms with van der Waals surface area (Å²) >= 11 is 5.99. The van der Waals surface area contributed by atoms with E-state index in [0.29, 0.717) is 49.9 Å². The number of hydrogen-bond donors (Lipinski definition) is 0. The number of carbonyl (C=O) groups excluding carboxylic acids is 1. The van der Waals surface area contributed by atoms with Gasteiger partial charge in [0.05, 0.1) is 18.2 Å². The van der Waals surface area contributed by atoms with Gasteiger partial charge in [-0.2, -0.15) is 0 Å². The molecule has 0 bridgehead atoms. The summed E-state index contributed by atoms with van der Waals surface area (Å²) in [6, 6.07) is 7.13. The summed E-state index contributed by atoms with van der Waals surface area (Å²) in [7, 11) is 0. The Kier molecular flexibility index (Phi) is 4.33. The Labute approximate surface area is 128 Å². The number of ether oxygens (including phenoxy) is 3. The number of piperidine rings is 1. The van der Waals surface area contributed by atoms with Gasteiger partial charge < -0.3 is 19.1 Å². The number of likely N-dealkylation sites (tertiary alicyclic amines) is 1. The summed E-state index contributed by atoms with van der Waals surface area (Å²) in [5, 5.41) is 0.510. The molecule has 0 radical (unpaired) electrons. The summed E-state index contributed by atoms with van der Waals surface area (Å²) in [6.07, 6.45) is 1.43. The molecule has 0 unspecified atom stereocenters. The quantitative estimate of drug-likeness (QED) is 0.857. The minimum atomic E-state index is -0.458. The van der Waals surface area contributed by atoms with Gasteiger partial charge in [0.15, 0.2) is 12.4 Å². The molecule has 0 N–H and O–H groups in total. The molecule has 0 atom stereocenters. The second kappa shape index (κ2) is 6.22. The average Bonchev–Trinajstić information content (AvgIpc) is 2.95. The molecule has 6 heteroatoms. The van der Waals surface area contributed by atoms with Crippen LogP contribution >= 0.6 is 11.6 Å². The Morgan fingerprint density at radius 2 is 1.90 bits per heavy atom. The van der Waals surface area contributed by atoms with E-state index in [1.807, 2.05) is 12.1 Å². The van der Waals surface area contributed by atoms with Crippen molar-refractivity contribution in [3.63, 3.8) is 0 Å². The molecule has 0 aromatic heterocycles. The lowest BCUT2D eigenvalue weighted by atomic mass is 10.0. The van der Waals surface area contributed by atoms with E-state index in [1.165, 1.54) is 0 Å². The molecule has 2 heterocycles. The number of benzene rings is 1. The van der Waals surface area contributed by atoms with Crippen molar-refractivity contribution in [3.05, 3.63) is 29.3 Å². The van der Waals surface area contributed by atoms with Crippen molar-refractivity contribution in [1.29, 1.82) is 0 Å². The highest BCUT2D eigenvalue weighted by molar-refractivity contribution is 6.32. The minimum absolute atomic E-state index is 0.00154. The van der Waals surface area contributed by atoms with Gasteiger partial charge in [-0.15, -0.1) is 0 Å². The molecule has 5 nitrogen and oxygen atoms in total. The molecule has 21 heavy (non-hydrogen) atoms. The molecule has 114 valence electrons. The van der Waals surface area contributed by atoms with Crippen LogP contribution in [0.25, 0.3) is 0 Å². The van der Waals surface area contributed by atoms with E-state index in [-0.39, 0.29) is 12.5 Å². The van der Waals surface area contributed by atoms with Gasteiger partial charge in [-0.1, -0.05) is 23.7 Å². The van der Waals surface area contributed by atoms with E-state index in [2.05, 4.69) is 0 Å². The monoisotopic (exact) mass is 311 g/mol. The molecule has 2 aliphatic rings. The van der Waals surface area contributed by atoms with E-state index in [1.54, 1.807) is 17.0 Å². The fourth-order valence-electron chi connectivity index (χ4n) is 2.68. The van der Waals surface area contributed by atoms with Crippen LogP contribution in [0.3, 0.4) is 0 Å². The zero-order chi connectivity index (χ0) is 14.7. The first-order chi connectivity index (χ1) is 10.2. The number of rotatable bonds is 3. The van der Waals surface area contributed by atoms with Crippen LogP contribution in [0, 0.1) is 0 Å². The van der Waals surface area contributed by atoms with Crippen LogP contribution < -0.4 is 4.74 Å². The summed E-state index contributed by atoms with van der Waals surface area (Å²) in [5.41, 5.74) is 0. The van der Waals surface area contributed by atoms with Gasteiger partial charge in [-0.25, -0.2) is 0 Å². The summed E-state index contributed by atoms with van der Waals surface area (Å²) in [4.78, 5) is 13.9. The van der Waals surface area contributed by atoms with Gasteiger partial charge in [0.25, 0.3) is 5.91 Å². The van der Waals surface area contributed by atoms with E-state index in [0.717, 1.165) is 0 Å². The molecule has 1 spiro atoms. The van der Waals surface area contributed by atoms with Crippen molar-refractivity contribution in [2.75, 3.05) is 32.9 Å². The fourth-order valence-corrected chi connectivity index (χ4v) is 2.87. The maximum atomic E-state index is 12.2. The predicted octanol–water partition coefficient (Wildman–Crippen LogP) is 2.08. The van der Waals surface area contributed by atoms with Crippen LogP contribution in [0.5, 0.6) is 5.75 Å². The number of amides is 1. The topological polar surface area (TPSA) is 48.0 Å². The fraction of sp³-hybridized carbons (Fsp3) is 0.533. The van der Waals surface area contributed by atoms with Crippen molar-refractivity contribution < 1.29 is 19.0 Å². The Hall–Kier alpha value is -1.30. The van der Waals surface area contributed by atoms with Crippen LogP contribution in [0.1, 0.15) is 12.8 Å². The predicted molar refractivity (Wildman–Crippen MR) is 77.4 cm³/mol. The van der Waals surface area contributed by atoms with Gasteiger partial charge in [0, 0.05) is 25.9 Å². The lowest BCUT2D eigenvalue weighted by Gasteiger charge is -2.37. The Bertz CT molecular complexity index is 506. The smallest absolute Gasteiger partial charge is 0.260 e. The summed E-state index contributed by atoms with van der Waals surface area (Å²) in [6.45, 7) is 2.54. The standard InChI is InChI=1S/C15H18ClNO4/c16-12-3-1-2-4-13(12)19-11-14(18)17-7-5-15(6-8-17)20-9-10-21-15/h1-4H,5-11H2. The molecule has 0 saturated carbocycles. The molecule has 3 rings (SSSR count). The van der Waals surface area contributed by atoms with Gasteiger partial charge in [0.1, 0.15) is 5.75 Å². The first-order valence-corrected chi connectivity index (χ1v) is 7.49. The largest absolute Gasteiger partial charge is 0.482 e. The Morgan fingerprint density at radius 1 is 1.24 bits per heavy atom. The maximum absolute atomic E-state index is 12.2. The van der Waals surface area contributed by atoms with E-state index < -0.39 is 5.79 Å². The normalized spacial score (nSPS) is 20.7. The second-order valence-electron chi connectivity index (χ2n) is 5.21. The van der Waals surface area contributed by atoms with Crippen molar-refractivity contribution in [3.8, 4) is 5.75 Å². The van der Waals surface area contributed by atoms with Crippen molar-refractivity contribution in [1.82, 2.24) is 4.90 Å². The third-order valence-electron chi connectivity index (χ3n) is 3.88. The van der Waals surface area contributed by atoms with Crippen LogP contribution in [0.2, 0.25) is 5.02 Å². The Morgan fingerprint density at radius 3 is 2.57 bits per heavy atom. The lowest BCUT2D eigenvalue weighted by Crippen LogP contribution is -2.48. The molecule has 0 aliphatic carbocycles. The van der Waals surface area contributed by atoms with E-state index in [9.17, 15) is 4.79 Å². The second-order valence-corrected chi connectivity index (χ2v) is 5.61. The minimum Gasteiger partial charge on any atom is -0.482 e. The van der Waals surface area contributed by atoms with Crippen molar-refractivity contribution >= 4 is 17.5 Å². The Balaban J connectivity index is 1.49. The number of para-hydroxylation sites is 1.